The van der Waals surface area contributed by atoms with Gasteiger partial charge < -0.3 is 15.2 Å². The Morgan fingerprint density at radius 1 is 1.16 bits per heavy atom. The van der Waals surface area contributed by atoms with Crippen molar-refractivity contribution in [1.82, 2.24) is 4.98 Å². The van der Waals surface area contributed by atoms with E-state index in [-0.39, 0.29) is 11.7 Å². The molecule has 0 spiro atoms. The summed E-state index contributed by atoms with van der Waals surface area (Å²) in [5.41, 5.74) is 4.05. The van der Waals surface area contributed by atoms with Crippen molar-refractivity contribution >= 4 is 28.2 Å². The van der Waals surface area contributed by atoms with Gasteiger partial charge in [-0.1, -0.05) is 0 Å². The van der Waals surface area contributed by atoms with Crippen LogP contribution in [0.1, 0.15) is 29.8 Å². The number of fused-ring (bicyclic) bond motifs is 1. The predicted molar refractivity (Wildman–Crippen MR) is 101 cm³/mol. The zero-order chi connectivity index (χ0) is 18.0. The SMILES string of the molecule is CCN(CC)c1ccc(NC(=O)c2c[nH]c3ccc(F)cc23)c(C)c1. The summed E-state index contributed by atoms with van der Waals surface area (Å²) >= 11 is 0. The first-order valence-corrected chi connectivity index (χ1v) is 8.47. The summed E-state index contributed by atoms with van der Waals surface area (Å²) < 4.78 is 13.5. The van der Waals surface area contributed by atoms with Crippen molar-refractivity contribution in [2.24, 2.45) is 0 Å². The molecule has 0 fully saturated rings. The fourth-order valence-electron chi connectivity index (χ4n) is 3.04. The molecule has 2 aromatic carbocycles. The molecule has 1 amide bonds. The quantitative estimate of drug-likeness (QED) is 0.707. The number of carbonyl (C=O) groups excluding carboxylic acids is 1. The zero-order valence-corrected chi connectivity index (χ0v) is 14.7. The highest BCUT2D eigenvalue weighted by molar-refractivity contribution is 6.13. The highest BCUT2D eigenvalue weighted by Crippen LogP contribution is 2.25. The van der Waals surface area contributed by atoms with E-state index in [0.29, 0.717) is 10.9 Å². The minimum Gasteiger partial charge on any atom is -0.372 e. The van der Waals surface area contributed by atoms with Gasteiger partial charge in [0.25, 0.3) is 5.91 Å². The molecule has 0 bridgehead atoms. The lowest BCUT2D eigenvalue weighted by Crippen LogP contribution is -2.22. The molecule has 3 rings (SSSR count). The van der Waals surface area contributed by atoms with E-state index in [1.165, 1.54) is 12.1 Å². The summed E-state index contributed by atoms with van der Waals surface area (Å²) in [4.78, 5) is 17.9. The number of nitrogens with one attached hydrogen (secondary N) is 2. The maximum absolute atomic E-state index is 13.5. The van der Waals surface area contributed by atoms with Gasteiger partial charge in [-0.3, -0.25) is 4.79 Å². The van der Waals surface area contributed by atoms with Crippen LogP contribution in [-0.4, -0.2) is 24.0 Å². The Morgan fingerprint density at radius 2 is 1.92 bits per heavy atom. The van der Waals surface area contributed by atoms with Crippen molar-refractivity contribution in [3.05, 3.63) is 59.5 Å². The number of halogens is 1. The fraction of sp³-hybridized carbons (Fsp3) is 0.250. The number of hydrogen-bond donors (Lipinski definition) is 2. The third-order valence-electron chi connectivity index (χ3n) is 4.48. The number of hydrogen-bond acceptors (Lipinski definition) is 2. The number of H-pyrrole nitrogens is 1. The molecule has 1 heterocycles. The highest BCUT2D eigenvalue weighted by Gasteiger charge is 2.14. The van der Waals surface area contributed by atoms with Gasteiger partial charge >= 0.3 is 0 Å². The monoisotopic (exact) mass is 339 g/mol. The average Bonchev–Trinajstić information content (AvgIpc) is 3.01. The van der Waals surface area contributed by atoms with Crippen molar-refractivity contribution in [2.75, 3.05) is 23.3 Å². The molecule has 0 radical (unpaired) electrons. The first-order chi connectivity index (χ1) is 12.0. The van der Waals surface area contributed by atoms with E-state index in [4.69, 9.17) is 0 Å². The molecular weight excluding hydrogens is 317 g/mol. The lowest BCUT2D eigenvalue weighted by Gasteiger charge is -2.22. The van der Waals surface area contributed by atoms with E-state index in [1.807, 2.05) is 19.1 Å². The minimum absolute atomic E-state index is 0.254. The first kappa shape index (κ1) is 17.0. The van der Waals surface area contributed by atoms with Crippen LogP contribution in [0.3, 0.4) is 0 Å². The van der Waals surface area contributed by atoms with Crippen LogP contribution >= 0.6 is 0 Å². The summed E-state index contributed by atoms with van der Waals surface area (Å²) in [7, 11) is 0. The van der Waals surface area contributed by atoms with Gasteiger partial charge in [0.2, 0.25) is 0 Å². The Balaban J connectivity index is 1.86. The number of rotatable bonds is 5. The zero-order valence-electron chi connectivity index (χ0n) is 14.7. The Kier molecular flexibility index (Phi) is 4.74. The van der Waals surface area contributed by atoms with Crippen LogP contribution in [0.25, 0.3) is 10.9 Å². The smallest absolute Gasteiger partial charge is 0.257 e. The van der Waals surface area contributed by atoms with Crippen LogP contribution in [0.4, 0.5) is 15.8 Å². The second-order valence-corrected chi connectivity index (χ2v) is 6.02. The summed E-state index contributed by atoms with van der Waals surface area (Å²) in [6, 6.07) is 10.4. The molecule has 1 aromatic heterocycles. The molecular formula is C20H22FN3O. The van der Waals surface area contributed by atoms with Crippen molar-refractivity contribution in [2.45, 2.75) is 20.8 Å². The van der Waals surface area contributed by atoms with Crippen LogP contribution in [0.5, 0.6) is 0 Å². The van der Waals surface area contributed by atoms with Crippen LogP contribution in [0.15, 0.2) is 42.6 Å². The molecule has 0 saturated heterocycles. The predicted octanol–water partition coefficient (Wildman–Crippen LogP) is 4.71. The molecule has 0 aliphatic heterocycles. The molecule has 130 valence electrons. The van der Waals surface area contributed by atoms with Gasteiger partial charge in [0.15, 0.2) is 0 Å². The van der Waals surface area contributed by atoms with E-state index < -0.39 is 0 Å². The van der Waals surface area contributed by atoms with Crippen molar-refractivity contribution in [3.63, 3.8) is 0 Å². The second-order valence-electron chi connectivity index (χ2n) is 6.02. The number of amides is 1. The summed E-state index contributed by atoms with van der Waals surface area (Å²) in [5.74, 6) is -0.614. The Hall–Kier alpha value is -2.82. The molecule has 3 aromatic rings. The number of aromatic nitrogens is 1. The first-order valence-electron chi connectivity index (χ1n) is 8.47. The molecule has 0 unspecified atom stereocenters. The van der Waals surface area contributed by atoms with Crippen LogP contribution in [0, 0.1) is 12.7 Å². The largest absolute Gasteiger partial charge is 0.372 e. The molecule has 0 aliphatic rings. The van der Waals surface area contributed by atoms with Gasteiger partial charge in [-0.25, -0.2) is 4.39 Å². The summed E-state index contributed by atoms with van der Waals surface area (Å²) in [5, 5.41) is 3.51. The molecule has 25 heavy (non-hydrogen) atoms. The maximum Gasteiger partial charge on any atom is 0.257 e. The average molecular weight is 339 g/mol. The Morgan fingerprint density at radius 3 is 2.60 bits per heavy atom. The summed E-state index contributed by atoms with van der Waals surface area (Å²) in [6.45, 7) is 8.07. The number of nitrogens with zero attached hydrogens (tertiary/aromatic N) is 1. The highest BCUT2D eigenvalue weighted by atomic mass is 19.1. The van der Waals surface area contributed by atoms with Crippen LogP contribution < -0.4 is 10.2 Å². The third-order valence-corrected chi connectivity index (χ3v) is 4.48. The van der Waals surface area contributed by atoms with Gasteiger partial charge in [0.1, 0.15) is 5.82 Å². The van der Waals surface area contributed by atoms with Crippen LogP contribution in [0.2, 0.25) is 0 Å². The second kappa shape index (κ2) is 6.97. The van der Waals surface area contributed by atoms with E-state index in [0.717, 1.165) is 35.5 Å². The standard InChI is InChI=1S/C20H22FN3O/c1-4-24(5-2)15-7-9-18(13(3)10-15)23-20(25)17-12-22-19-8-6-14(21)11-16(17)19/h6-12,22H,4-5H2,1-3H3,(H,23,25). The molecule has 0 aliphatic carbocycles. The van der Waals surface area contributed by atoms with Gasteiger partial charge in [-0.05, 0) is 62.7 Å². The van der Waals surface area contributed by atoms with Crippen molar-refractivity contribution in [3.8, 4) is 0 Å². The van der Waals surface area contributed by atoms with Gasteiger partial charge in [-0.2, -0.15) is 0 Å². The Labute approximate surface area is 146 Å². The van der Waals surface area contributed by atoms with Gasteiger partial charge in [-0.15, -0.1) is 0 Å². The number of anilines is 2. The fourth-order valence-corrected chi connectivity index (χ4v) is 3.04. The Bertz CT molecular complexity index is 912. The topological polar surface area (TPSA) is 48.1 Å². The molecule has 2 N–H and O–H groups in total. The molecule has 5 heteroatoms. The third kappa shape index (κ3) is 3.36. The van der Waals surface area contributed by atoms with Gasteiger partial charge in [0, 0.05) is 41.6 Å². The maximum atomic E-state index is 13.5. The normalized spacial score (nSPS) is 10.9. The molecule has 0 saturated carbocycles. The van der Waals surface area contributed by atoms with Crippen LogP contribution in [-0.2, 0) is 0 Å². The van der Waals surface area contributed by atoms with E-state index in [1.54, 1.807) is 12.3 Å². The molecule has 4 nitrogen and oxygen atoms in total. The van der Waals surface area contributed by atoms with Crippen molar-refractivity contribution < 1.29 is 9.18 Å². The lowest BCUT2D eigenvalue weighted by molar-refractivity contribution is 0.102. The number of aryl methyl sites for hydroxylation is 1. The van der Waals surface area contributed by atoms with E-state index >= 15 is 0 Å². The van der Waals surface area contributed by atoms with E-state index in [2.05, 4.69) is 35.1 Å². The van der Waals surface area contributed by atoms with Crippen molar-refractivity contribution in [1.29, 1.82) is 0 Å². The lowest BCUT2D eigenvalue weighted by atomic mass is 10.1. The number of carbonyl (C=O) groups is 1. The molecule has 0 atom stereocenters. The minimum atomic E-state index is -0.360. The number of benzene rings is 2. The van der Waals surface area contributed by atoms with E-state index in [9.17, 15) is 9.18 Å². The summed E-state index contributed by atoms with van der Waals surface area (Å²) in [6.07, 6.45) is 1.61. The van der Waals surface area contributed by atoms with Gasteiger partial charge in [0.05, 0.1) is 5.56 Å². The number of aromatic amines is 1.